The lowest BCUT2D eigenvalue weighted by molar-refractivity contribution is -0.142. The summed E-state index contributed by atoms with van der Waals surface area (Å²) in [6.45, 7) is 4.01. The van der Waals surface area contributed by atoms with Crippen LogP contribution in [0.4, 0.5) is 0 Å². The summed E-state index contributed by atoms with van der Waals surface area (Å²) in [6, 6.07) is 6.61. The van der Waals surface area contributed by atoms with Gasteiger partial charge in [-0.3, -0.25) is 9.59 Å². The van der Waals surface area contributed by atoms with E-state index < -0.39 is 0 Å². The van der Waals surface area contributed by atoms with Crippen molar-refractivity contribution in [1.82, 2.24) is 4.98 Å². The minimum Gasteiger partial charge on any atom is -0.466 e. The highest BCUT2D eigenvalue weighted by Crippen LogP contribution is 2.23. The van der Waals surface area contributed by atoms with E-state index in [4.69, 9.17) is 20.8 Å². The average molecular weight is 346 g/mol. The van der Waals surface area contributed by atoms with Gasteiger partial charge in [-0.2, -0.15) is 0 Å². The summed E-state index contributed by atoms with van der Waals surface area (Å²) >= 11 is 5.97. The molecule has 0 spiro atoms. The van der Waals surface area contributed by atoms with Crippen molar-refractivity contribution in [2.75, 3.05) is 6.61 Å². The molecule has 0 bridgehead atoms. The maximum absolute atomic E-state index is 12.7. The van der Waals surface area contributed by atoms with Crippen LogP contribution in [0.5, 0.6) is 0 Å². The highest BCUT2D eigenvalue weighted by atomic mass is 35.5. The third kappa shape index (κ3) is 2.99. The van der Waals surface area contributed by atoms with Gasteiger partial charge in [0.25, 0.3) is 0 Å². The van der Waals surface area contributed by atoms with Gasteiger partial charge in [0.2, 0.25) is 11.1 Å². The largest absolute Gasteiger partial charge is 0.466 e. The van der Waals surface area contributed by atoms with Gasteiger partial charge in [0, 0.05) is 5.02 Å². The van der Waals surface area contributed by atoms with Crippen molar-refractivity contribution in [2.24, 2.45) is 0 Å². The smallest absolute Gasteiger partial charge is 0.311 e. The van der Waals surface area contributed by atoms with E-state index in [-0.39, 0.29) is 23.5 Å². The van der Waals surface area contributed by atoms with Crippen LogP contribution in [0.15, 0.2) is 33.5 Å². The van der Waals surface area contributed by atoms with E-state index in [1.165, 1.54) is 0 Å². The van der Waals surface area contributed by atoms with E-state index in [1.54, 1.807) is 31.2 Å². The maximum atomic E-state index is 12.7. The molecule has 1 aromatic carbocycles. The zero-order valence-electron chi connectivity index (χ0n) is 13.4. The fourth-order valence-electron chi connectivity index (χ4n) is 2.64. The molecule has 0 N–H and O–H groups in total. The number of rotatable bonds is 4. The molecular formula is C18H16ClNO4. The normalized spacial score (nSPS) is 11.1. The number of halogens is 1. The summed E-state index contributed by atoms with van der Waals surface area (Å²) in [4.78, 5) is 28.9. The van der Waals surface area contributed by atoms with Gasteiger partial charge in [-0.25, -0.2) is 4.98 Å². The third-order valence-electron chi connectivity index (χ3n) is 3.79. The summed E-state index contributed by atoms with van der Waals surface area (Å²) in [6.07, 6.45) is 0.694. The van der Waals surface area contributed by atoms with Crippen LogP contribution in [0.3, 0.4) is 0 Å². The molecule has 3 rings (SSSR count). The number of carbonyl (C=O) groups excluding carboxylic acids is 1. The lowest BCUT2D eigenvalue weighted by atomic mass is 10.1. The SMILES string of the molecule is CCOC(=O)Cc1nc2oc3ccc(Cl)cc3c(=O)c2cc1CC. The number of hydrogen-bond acceptors (Lipinski definition) is 5. The number of benzene rings is 1. The number of ether oxygens (including phenoxy) is 1. The lowest BCUT2D eigenvalue weighted by Gasteiger charge is -2.09. The van der Waals surface area contributed by atoms with Crippen molar-refractivity contribution < 1.29 is 13.9 Å². The second-order valence-electron chi connectivity index (χ2n) is 5.35. The number of fused-ring (bicyclic) bond motifs is 2. The number of esters is 1. The topological polar surface area (TPSA) is 69.4 Å². The van der Waals surface area contributed by atoms with Gasteiger partial charge in [0.1, 0.15) is 5.58 Å². The Kier molecular flexibility index (Phi) is 4.53. The number of nitrogens with zero attached hydrogens (tertiary/aromatic N) is 1. The molecule has 0 fully saturated rings. The zero-order chi connectivity index (χ0) is 17.3. The molecule has 6 heteroatoms. The van der Waals surface area contributed by atoms with Crippen LogP contribution in [-0.2, 0) is 22.4 Å². The van der Waals surface area contributed by atoms with Crippen molar-refractivity contribution in [2.45, 2.75) is 26.7 Å². The first-order chi connectivity index (χ1) is 11.5. The summed E-state index contributed by atoms with van der Waals surface area (Å²) < 4.78 is 10.7. The fourth-order valence-corrected chi connectivity index (χ4v) is 2.81. The maximum Gasteiger partial charge on any atom is 0.311 e. The number of hydrogen-bond donors (Lipinski definition) is 0. The van der Waals surface area contributed by atoms with E-state index in [9.17, 15) is 9.59 Å². The van der Waals surface area contributed by atoms with Gasteiger partial charge >= 0.3 is 5.97 Å². The molecule has 0 atom stereocenters. The van der Waals surface area contributed by atoms with E-state index in [0.29, 0.717) is 40.1 Å². The molecule has 5 nitrogen and oxygen atoms in total. The first-order valence-corrected chi connectivity index (χ1v) is 8.11. The number of aryl methyl sites for hydroxylation is 1. The minimum atomic E-state index is -0.353. The van der Waals surface area contributed by atoms with E-state index in [1.807, 2.05) is 6.92 Å². The highest BCUT2D eigenvalue weighted by Gasteiger charge is 2.15. The van der Waals surface area contributed by atoms with E-state index in [0.717, 1.165) is 5.56 Å². The molecule has 0 saturated carbocycles. The standard InChI is InChI=1S/C18H16ClNO4/c1-3-10-7-13-17(22)12-8-11(19)5-6-15(12)24-18(13)20-14(10)9-16(21)23-4-2/h5-8H,3-4,9H2,1-2H3. The summed E-state index contributed by atoms with van der Waals surface area (Å²) in [5, 5.41) is 1.27. The monoisotopic (exact) mass is 345 g/mol. The van der Waals surface area contributed by atoms with Crippen molar-refractivity contribution in [3.05, 3.63) is 50.8 Å². The van der Waals surface area contributed by atoms with Crippen LogP contribution in [-0.4, -0.2) is 17.6 Å². The lowest BCUT2D eigenvalue weighted by Crippen LogP contribution is -2.12. The molecule has 124 valence electrons. The quantitative estimate of drug-likeness (QED) is 0.533. The molecule has 0 amide bonds. The van der Waals surface area contributed by atoms with Crippen LogP contribution in [0.2, 0.25) is 5.02 Å². The minimum absolute atomic E-state index is 0.0509. The van der Waals surface area contributed by atoms with Gasteiger partial charge in [0.15, 0.2) is 0 Å². The number of carbonyl (C=O) groups is 1. The molecule has 0 aliphatic rings. The number of aromatic nitrogens is 1. The van der Waals surface area contributed by atoms with Gasteiger partial charge < -0.3 is 9.15 Å². The van der Waals surface area contributed by atoms with Crippen molar-refractivity contribution in [3.8, 4) is 0 Å². The average Bonchev–Trinajstić information content (AvgIpc) is 2.55. The molecule has 0 saturated heterocycles. The third-order valence-corrected chi connectivity index (χ3v) is 4.03. The molecule has 24 heavy (non-hydrogen) atoms. The Labute approximate surface area is 143 Å². The van der Waals surface area contributed by atoms with Crippen LogP contribution in [0.25, 0.3) is 22.1 Å². The van der Waals surface area contributed by atoms with Gasteiger partial charge in [-0.15, -0.1) is 0 Å². The molecular weight excluding hydrogens is 330 g/mol. The first-order valence-electron chi connectivity index (χ1n) is 7.74. The van der Waals surface area contributed by atoms with Crippen LogP contribution in [0, 0.1) is 0 Å². The van der Waals surface area contributed by atoms with Crippen molar-refractivity contribution in [3.63, 3.8) is 0 Å². The second-order valence-corrected chi connectivity index (χ2v) is 5.79. The molecule has 0 aliphatic carbocycles. The van der Waals surface area contributed by atoms with Crippen LogP contribution < -0.4 is 5.43 Å². The fraction of sp³-hybridized carbons (Fsp3) is 0.278. The Morgan fingerprint density at radius 3 is 2.75 bits per heavy atom. The van der Waals surface area contributed by atoms with Gasteiger partial charge in [0.05, 0.1) is 29.5 Å². The Hall–Kier alpha value is -2.40. The van der Waals surface area contributed by atoms with Gasteiger partial charge in [-0.05, 0) is 43.2 Å². The molecule has 2 aromatic heterocycles. The van der Waals surface area contributed by atoms with E-state index in [2.05, 4.69) is 4.98 Å². The van der Waals surface area contributed by atoms with Crippen LogP contribution >= 0.6 is 11.6 Å². The predicted molar refractivity (Wildman–Crippen MR) is 92.5 cm³/mol. The highest BCUT2D eigenvalue weighted by molar-refractivity contribution is 6.31. The van der Waals surface area contributed by atoms with Crippen molar-refractivity contribution in [1.29, 1.82) is 0 Å². The zero-order valence-corrected chi connectivity index (χ0v) is 14.1. The van der Waals surface area contributed by atoms with E-state index >= 15 is 0 Å². The first kappa shape index (κ1) is 16.5. The summed E-state index contributed by atoms with van der Waals surface area (Å²) in [5.41, 5.74) is 1.84. The molecule has 3 aromatic rings. The Balaban J connectivity index is 2.22. The molecule has 2 heterocycles. The summed E-state index contributed by atoms with van der Waals surface area (Å²) in [7, 11) is 0. The molecule has 0 unspecified atom stereocenters. The molecule has 0 aliphatic heterocycles. The Bertz CT molecular complexity index is 994. The Morgan fingerprint density at radius 2 is 2.04 bits per heavy atom. The van der Waals surface area contributed by atoms with Crippen LogP contribution in [0.1, 0.15) is 25.1 Å². The number of pyridine rings is 1. The van der Waals surface area contributed by atoms with Gasteiger partial charge in [-0.1, -0.05) is 18.5 Å². The predicted octanol–water partition coefficient (Wildman–Crippen LogP) is 3.66. The second kappa shape index (κ2) is 6.61. The Morgan fingerprint density at radius 1 is 1.25 bits per heavy atom. The molecule has 0 radical (unpaired) electrons. The van der Waals surface area contributed by atoms with Crippen molar-refractivity contribution >= 4 is 39.6 Å². The summed E-state index contributed by atoms with van der Waals surface area (Å²) in [5.74, 6) is -0.353.